The molecule has 0 aliphatic rings. The summed E-state index contributed by atoms with van der Waals surface area (Å²) in [7, 11) is 2.13. The zero-order valence-electron chi connectivity index (χ0n) is 10.2. The van der Waals surface area contributed by atoms with Gasteiger partial charge in [0.05, 0.1) is 0 Å². The van der Waals surface area contributed by atoms with Gasteiger partial charge in [0.15, 0.2) is 0 Å². The number of nitrogens with two attached hydrogens (primary N) is 1. The third-order valence-corrected chi connectivity index (χ3v) is 3.18. The molecule has 0 aromatic heterocycles. The van der Waals surface area contributed by atoms with Crippen LogP contribution in [0.5, 0.6) is 0 Å². The number of thioether (sulfide) groups is 1. The topological polar surface area (TPSA) is 29.3 Å². The minimum absolute atomic E-state index is 0.293. The van der Waals surface area contributed by atoms with Gasteiger partial charge < -0.3 is 10.6 Å². The first-order valence-corrected chi connectivity index (χ1v) is 7.08. The van der Waals surface area contributed by atoms with Crippen LogP contribution in [0.2, 0.25) is 0 Å². The van der Waals surface area contributed by atoms with Crippen LogP contribution in [0.4, 0.5) is 0 Å². The van der Waals surface area contributed by atoms with Gasteiger partial charge in [-0.1, -0.05) is 30.3 Å². The summed E-state index contributed by atoms with van der Waals surface area (Å²) in [6, 6.07) is 10.8. The van der Waals surface area contributed by atoms with Crippen molar-refractivity contribution < 1.29 is 0 Å². The fourth-order valence-electron chi connectivity index (χ4n) is 1.72. The Balaban J connectivity index is 2.27. The van der Waals surface area contributed by atoms with E-state index >= 15 is 0 Å². The van der Waals surface area contributed by atoms with E-state index in [4.69, 9.17) is 5.73 Å². The molecular weight excluding hydrogens is 216 g/mol. The van der Waals surface area contributed by atoms with Gasteiger partial charge in [-0.15, -0.1) is 0 Å². The fourth-order valence-corrected chi connectivity index (χ4v) is 2.26. The lowest BCUT2D eigenvalue weighted by molar-refractivity contribution is 0.301. The second-order valence-electron chi connectivity index (χ2n) is 4.22. The Bertz CT molecular complexity index is 277. The molecule has 1 rings (SSSR count). The average molecular weight is 238 g/mol. The van der Waals surface area contributed by atoms with E-state index in [0.717, 1.165) is 25.3 Å². The number of nitrogens with zero attached hydrogens (tertiary/aromatic N) is 1. The van der Waals surface area contributed by atoms with E-state index in [0.29, 0.717) is 6.04 Å². The first-order chi connectivity index (χ1) is 7.72. The Kier molecular flexibility index (Phi) is 6.53. The molecule has 90 valence electrons. The van der Waals surface area contributed by atoms with E-state index in [1.165, 1.54) is 5.56 Å². The Morgan fingerprint density at radius 2 is 2.00 bits per heavy atom. The number of rotatable bonds is 7. The summed E-state index contributed by atoms with van der Waals surface area (Å²) in [6.07, 6.45) is 3.22. The van der Waals surface area contributed by atoms with Crippen LogP contribution in [0.1, 0.15) is 12.0 Å². The van der Waals surface area contributed by atoms with Crippen molar-refractivity contribution in [3.8, 4) is 0 Å². The Labute approximate surface area is 103 Å². The molecule has 0 saturated heterocycles. The largest absolute Gasteiger partial charge is 0.327 e. The van der Waals surface area contributed by atoms with Crippen molar-refractivity contribution in [3.05, 3.63) is 35.9 Å². The molecule has 0 unspecified atom stereocenters. The molecule has 0 aliphatic carbocycles. The highest BCUT2D eigenvalue weighted by molar-refractivity contribution is 7.98. The Morgan fingerprint density at radius 1 is 1.31 bits per heavy atom. The molecule has 0 spiro atoms. The van der Waals surface area contributed by atoms with Crippen LogP contribution in [0.3, 0.4) is 0 Å². The highest BCUT2D eigenvalue weighted by Gasteiger charge is 2.06. The zero-order valence-corrected chi connectivity index (χ0v) is 11.0. The molecule has 0 radical (unpaired) electrons. The molecule has 3 heteroatoms. The van der Waals surface area contributed by atoms with Gasteiger partial charge in [-0.05, 0) is 31.0 Å². The van der Waals surface area contributed by atoms with Crippen molar-refractivity contribution in [2.75, 3.05) is 25.6 Å². The second kappa shape index (κ2) is 7.71. The van der Waals surface area contributed by atoms with E-state index in [-0.39, 0.29) is 0 Å². The maximum Gasteiger partial charge on any atom is 0.0231 e. The van der Waals surface area contributed by atoms with E-state index in [1.807, 2.05) is 17.8 Å². The van der Waals surface area contributed by atoms with Crippen molar-refractivity contribution in [1.82, 2.24) is 4.90 Å². The third kappa shape index (κ3) is 5.54. The van der Waals surface area contributed by atoms with Crippen molar-refractivity contribution in [1.29, 1.82) is 0 Å². The van der Waals surface area contributed by atoms with Gasteiger partial charge >= 0.3 is 0 Å². The van der Waals surface area contributed by atoms with Crippen LogP contribution < -0.4 is 5.73 Å². The first kappa shape index (κ1) is 13.6. The van der Waals surface area contributed by atoms with Crippen LogP contribution in [0.15, 0.2) is 30.3 Å². The molecule has 1 aromatic rings. The minimum atomic E-state index is 0.293. The molecular formula is C13H22N2S. The highest BCUT2D eigenvalue weighted by atomic mass is 32.2. The number of benzene rings is 1. The van der Waals surface area contributed by atoms with Gasteiger partial charge in [0.1, 0.15) is 0 Å². The summed E-state index contributed by atoms with van der Waals surface area (Å²) < 4.78 is 0. The van der Waals surface area contributed by atoms with Crippen molar-refractivity contribution in [2.45, 2.75) is 19.0 Å². The van der Waals surface area contributed by atoms with Gasteiger partial charge in [0.2, 0.25) is 0 Å². The SMILES string of the molecule is CSCC[C@H](N)CN(C)Cc1ccccc1. The van der Waals surface area contributed by atoms with Crippen molar-refractivity contribution in [3.63, 3.8) is 0 Å². The summed E-state index contributed by atoms with van der Waals surface area (Å²) >= 11 is 1.86. The quantitative estimate of drug-likeness (QED) is 0.789. The van der Waals surface area contributed by atoms with Gasteiger partial charge in [-0.25, -0.2) is 0 Å². The Hall–Kier alpha value is -0.510. The lowest BCUT2D eigenvalue weighted by Gasteiger charge is -2.21. The average Bonchev–Trinajstić information content (AvgIpc) is 2.27. The maximum absolute atomic E-state index is 6.06. The maximum atomic E-state index is 6.06. The lowest BCUT2D eigenvalue weighted by Crippen LogP contribution is -2.35. The van der Waals surface area contributed by atoms with E-state index < -0.39 is 0 Å². The Morgan fingerprint density at radius 3 is 2.62 bits per heavy atom. The lowest BCUT2D eigenvalue weighted by atomic mass is 10.2. The predicted octanol–water partition coefficient (Wildman–Crippen LogP) is 2.20. The monoisotopic (exact) mass is 238 g/mol. The van der Waals surface area contributed by atoms with Gasteiger partial charge in [0, 0.05) is 19.1 Å². The standard InChI is InChI=1S/C13H22N2S/c1-15(11-13(14)8-9-16-2)10-12-6-4-3-5-7-12/h3-7,13H,8-11,14H2,1-2H3/t13-/m0/s1. The molecule has 0 bridgehead atoms. The summed E-state index contributed by atoms with van der Waals surface area (Å²) in [5, 5.41) is 0. The summed E-state index contributed by atoms with van der Waals surface area (Å²) in [6.45, 7) is 1.95. The van der Waals surface area contributed by atoms with Gasteiger partial charge in [0.25, 0.3) is 0 Å². The van der Waals surface area contributed by atoms with Crippen LogP contribution in [-0.2, 0) is 6.54 Å². The third-order valence-electron chi connectivity index (χ3n) is 2.53. The molecule has 0 aliphatic heterocycles. The number of hydrogen-bond donors (Lipinski definition) is 1. The first-order valence-electron chi connectivity index (χ1n) is 5.69. The number of hydrogen-bond acceptors (Lipinski definition) is 3. The molecule has 0 amide bonds. The predicted molar refractivity (Wildman–Crippen MR) is 73.8 cm³/mol. The molecule has 0 saturated carbocycles. The van der Waals surface area contributed by atoms with Crippen molar-refractivity contribution >= 4 is 11.8 Å². The summed E-state index contributed by atoms with van der Waals surface area (Å²) in [5.41, 5.74) is 7.41. The van der Waals surface area contributed by atoms with Crippen LogP contribution in [0, 0.1) is 0 Å². The van der Waals surface area contributed by atoms with Crippen molar-refractivity contribution in [2.24, 2.45) is 5.73 Å². The molecule has 1 atom stereocenters. The minimum Gasteiger partial charge on any atom is -0.327 e. The van der Waals surface area contributed by atoms with E-state index in [9.17, 15) is 0 Å². The molecule has 2 nitrogen and oxygen atoms in total. The van der Waals surface area contributed by atoms with Gasteiger partial charge in [-0.3, -0.25) is 0 Å². The smallest absolute Gasteiger partial charge is 0.0231 e. The normalized spacial score (nSPS) is 13.0. The zero-order chi connectivity index (χ0) is 11.8. The van der Waals surface area contributed by atoms with Crippen LogP contribution in [0.25, 0.3) is 0 Å². The molecule has 0 fully saturated rings. The van der Waals surface area contributed by atoms with E-state index in [1.54, 1.807) is 0 Å². The number of likely N-dealkylation sites (N-methyl/N-ethyl adjacent to an activating group) is 1. The van der Waals surface area contributed by atoms with Crippen LogP contribution >= 0.6 is 11.8 Å². The van der Waals surface area contributed by atoms with Crippen LogP contribution in [-0.4, -0.2) is 36.5 Å². The highest BCUT2D eigenvalue weighted by Crippen LogP contribution is 2.05. The van der Waals surface area contributed by atoms with E-state index in [2.05, 4.69) is 42.5 Å². The fraction of sp³-hybridized carbons (Fsp3) is 0.538. The second-order valence-corrected chi connectivity index (χ2v) is 5.21. The summed E-state index contributed by atoms with van der Waals surface area (Å²) in [4.78, 5) is 2.29. The summed E-state index contributed by atoms with van der Waals surface area (Å²) in [5.74, 6) is 1.15. The molecule has 1 aromatic carbocycles. The van der Waals surface area contributed by atoms with Gasteiger partial charge in [-0.2, -0.15) is 11.8 Å². The molecule has 0 heterocycles. The molecule has 16 heavy (non-hydrogen) atoms. The molecule has 2 N–H and O–H groups in total.